The quantitative estimate of drug-likeness (QED) is 0.505. The highest BCUT2D eigenvalue weighted by Crippen LogP contribution is 2.39. The Balaban J connectivity index is 2.05. The van der Waals surface area contributed by atoms with Crippen LogP contribution >= 0.6 is 0 Å². The highest BCUT2D eigenvalue weighted by molar-refractivity contribution is 4.98. The summed E-state index contributed by atoms with van der Waals surface area (Å²) in [6.07, 6.45) is 9.06. The van der Waals surface area contributed by atoms with E-state index in [1.165, 1.54) is 12.8 Å². The van der Waals surface area contributed by atoms with Gasteiger partial charge in [-0.1, -0.05) is 12.2 Å². The molecule has 1 saturated carbocycles. The SMILES string of the molecule is O[C@@H]1C[C@H]2CC=CC[C@H]2C1. The molecule has 0 heterocycles. The number of hydrogen-bond acceptors (Lipinski definition) is 1. The van der Waals surface area contributed by atoms with E-state index in [4.69, 9.17) is 0 Å². The van der Waals surface area contributed by atoms with Gasteiger partial charge in [0.15, 0.2) is 0 Å². The van der Waals surface area contributed by atoms with Crippen LogP contribution in [0, 0.1) is 11.8 Å². The van der Waals surface area contributed by atoms with Gasteiger partial charge in [-0.15, -0.1) is 0 Å². The average Bonchev–Trinajstić information content (AvgIpc) is 2.27. The third-order valence-corrected chi connectivity index (χ3v) is 2.86. The third kappa shape index (κ3) is 0.988. The fourth-order valence-electron chi connectivity index (χ4n) is 2.30. The molecule has 56 valence electrons. The molecule has 2 aliphatic carbocycles. The molecular formula is C9H14O. The van der Waals surface area contributed by atoms with Crippen LogP contribution in [0.2, 0.25) is 0 Å². The average molecular weight is 138 g/mol. The second-order valence-electron chi connectivity index (χ2n) is 3.59. The van der Waals surface area contributed by atoms with Crippen LogP contribution in [0.1, 0.15) is 25.7 Å². The van der Waals surface area contributed by atoms with Gasteiger partial charge in [0.1, 0.15) is 0 Å². The summed E-state index contributed by atoms with van der Waals surface area (Å²) >= 11 is 0. The van der Waals surface area contributed by atoms with Crippen molar-refractivity contribution in [1.29, 1.82) is 0 Å². The third-order valence-electron chi connectivity index (χ3n) is 2.86. The largest absolute Gasteiger partial charge is 0.393 e. The van der Waals surface area contributed by atoms with Gasteiger partial charge in [0.05, 0.1) is 6.10 Å². The summed E-state index contributed by atoms with van der Waals surface area (Å²) in [6.45, 7) is 0. The van der Waals surface area contributed by atoms with E-state index in [2.05, 4.69) is 12.2 Å². The van der Waals surface area contributed by atoms with E-state index < -0.39 is 0 Å². The van der Waals surface area contributed by atoms with E-state index in [1.54, 1.807) is 0 Å². The second-order valence-corrected chi connectivity index (χ2v) is 3.59. The number of allylic oxidation sites excluding steroid dienone is 2. The van der Waals surface area contributed by atoms with Gasteiger partial charge in [-0.25, -0.2) is 0 Å². The summed E-state index contributed by atoms with van der Waals surface area (Å²) in [5.41, 5.74) is 0. The highest BCUT2D eigenvalue weighted by Gasteiger charge is 2.32. The standard InChI is InChI=1S/C9H14O/c10-9-5-7-3-1-2-4-8(7)6-9/h1-2,7-10H,3-6H2/t7-,8+,9-. The molecular weight excluding hydrogens is 124 g/mol. The van der Waals surface area contributed by atoms with E-state index in [0.717, 1.165) is 24.7 Å². The minimum Gasteiger partial charge on any atom is -0.393 e. The summed E-state index contributed by atoms with van der Waals surface area (Å²) in [4.78, 5) is 0. The monoisotopic (exact) mass is 138 g/mol. The molecule has 0 aromatic carbocycles. The van der Waals surface area contributed by atoms with Crippen molar-refractivity contribution in [3.05, 3.63) is 12.2 Å². The zero-order chi connectivity index (χ0) is 6.97. The lowest BCUT2D eigenvalue weighted by atomic mass is 9.86. The fourth-order valence-corrected chi connectivity index (χ4v) is 2.30. The van der Waals surface area contributed by atoms with Gasteiger partial charge in [-0.05, 0) is 37.5 Å². The van der Waals surface area contributed by atoms with Crippen molar-refractivity contribution in [2.24, 2.45) is 11.8 Å². The van der Waals surface area contributed by atoms with E-state index in [-0.39, 0.29) is 6.10 Å². The molecule has 1 nitrogen and oxygen atoms in total. The summed E-state index contributed by atoms with van der Waals surface area (Å²) in [7, 11) is 0. The van der Waals surface area contributed by atoms with Crippen LogP contribution in [0.5, 0.6) is 0 Å². The van der Waals surface area contributed by atoms with E-state index in [9.17, 15) is 5.11 Å². The van der Waals surface area contributed by atoms with Crippen molar-refractivity contribution in [2.45, 2.75) is 31.8 Å². The van der Waals surface area contributed by atoms with Crippen molar-refractivity contribution < 1.29 is 5.11 Å². The van der Waals surface area contributed by atoms with Crippen LogP contribution in [0.4, 0.5) is 0 Å². The van der Waals surface area contributed by atoms with Crippen molar-refractivity contribution in [2.75, 3.05) is 0 Å². The van der Waals surface area contributed by atoms with E-state index >= 15 is 0 Å². The van der Waals surface area contributed by atoms with Gasteiger partial charge < -0.3 is 5.11 Å². The Morgan fingerprint density at radius 2 is 1.50 bits per heavy atom. The van der Waals surface area contributed by atoms with Gasteiger partial charge in [-0.3, -0.25) is 0 Å². The van der Waals surface area contributed by atoms with Crippen LogP contribution < -0.4 is 0 Å². The predicted octanol–water partition coefficient (Wildman–Crippen LogP) is 1.72. The minimum atomic E-state index is 0.00917. The Morgan fingerprint density at radius 3 is 2.00 bits per heavy atom. The maximum Gasteiger partial charge on any atom is 0.0546 e. The summed E-state index contributed by atoms with van der Waals surface area (Å²) < 4.78 is 0. The highest BCUT2D eigenvalue weighted by atomic mass is 16.3. The number of hydrogen-bond donors (Lipinski definition) is 1. The first-order valence-corrected chi connectivity index (χ1v) is 4.19. The topological polar surface area (TPSA) is 20.2 Å². The van der Waals surface area contributed by atoms with Gasteiger partial charge >= 0.3 is 0 Å². The number of aliphatic hydroxyl groups is 1. The first-order chi connectivity index (χ1) is 4.86. The molecule has 1 heteroatoms. The van der Waals surface area contributed by atoms with Crippen molar-refractivity contribution in [3.8, 4) is 0 Å². The molecule has 0 amide bonds. The van der Waals surface area contributed by atoms with E-state index in [1.807, 2.05) is 0 Å². The summed E-state index contributed by atoms with van der Waals surface area (Å²) in [5.74, 6) is 1.61. The first kappa shape index (κ1) is 6.41. The molecule has 0 bridgehead atoms. The van der Waals surface area contributed by atoms with Gasteiger partial charge in [0.2, 0.25) is 0 Å². The maximum atomic E-state index is 9.33. The zero-order valence-electron chi connectivity index (χ0n) is 6.16. The molecule has 0 spiro atoms. The van der Waals surface area contributed by atoms with Crippen LogP contribution in [0.15, 0.2) is 12.2 Å². The van der Waals surface area contributed by atoms with Crippen molar-refractivity contribution in [3.63, 3.8) is 0 Å². The molecule has 10 heavy (non-hydrogen) atoms. The number of aliphatic hydroxyl groups excluding tert-OH is 1. The van der Waals surface area contributed by atoms with Gasteiger partial charge in [-0.2, -0.15) is 0 Å². The second kappa shape index (κ2) is 2.39. The lowest BCUT2D eigenvalue weighted by Crippen LogP contribution is -2.08. The van der Waals surface area contributed by atoms with Crippen LogP contribution in [-0.2, 0) is 0 Å². The smallest absolute Gasteiger partial charge is 0.0546 e. The number of fused-ring (bicyclic) bond motifs is 1. The van der Waals surface area contributed by atoms with Crippen LogP contribution in [0.25, 0.3) is 0 Å². The molecule has 3 atom stereocenters. The Bertz CT molecular complexity index is 135. The number of rotatable bonds is 0. The fraction of sp³-hybridized carbons (Fsp3) is 0.778. The molecule has 0 unspecified atom stereocenters. The van der Waals surface area contributed by atoms with Crippen LogP contribution in [-0.4, -0.2) is 11.2 Å². The Hall–Kier alpha value is -0.300. The molecule has 0 aromatic heterocycles. The maximum absolute atomic E-state index is 9.33. The molecule has 1 fully saturated rings. The summed E-state index contributed by atoms with van der Waals surface area (Å²) in [5, 5.41) is 9.33. The molecule has 0 saturated heterocycles. The Morgan fingerprint density at radius 1 is 1.00 bits per heavy atom. The van der Waals surface area contributed by atoms with Crippen molar-refractivity contribution >= 4 is 0 Å². The van der Waals surface area contributed by atoms with E-state index in [0.29, 0.717) is 0 Å². The zero-order valence-corrected chi connectivity index (χ0v) is 6.16. The normalized spacial score (nSPS) is 45.5. The first-order valence-electron chi connectivity index (χ1n) is 4.19. The lowest BCUT2D eigenvalue weighted by molar-refractivity contribution is 0.175. The molecule has 1 N–H and O–H groups in total. The van der Waals surface area contributed by atoms with Crippen molar-refractivity contribution in [1.82, 2.24) is 0 Å². The Labute approximate surface area is 61.8 Å². The molecule has 0 aliphatic heterocycles. The Kier molecular flexibility index (Phi) is 1.53. The van der Waals surface area contributed by atoms with Gasteiger partial charge in [0.25, 0.3) is 0 Å². The molecule has 0 radical (unpaired) electrons. The minimum absolute atomic E-state index is 0.00917. The summed E-state index contributed by atoms with van der Waals surface area (Å²) in [6, 6.07) is 0. The van der Waals surface area contributed by atoms with Gasteiger partial charge in [0, 0.05) is 0 Å². The predicted molar refractivity (Wildman–Crippen MR) is 40.6 cm³/mol. The molecule has 0 aromatic rings. The lowest BCUT2D eigenvalue weighted by Gasteiger charge is -2.19. The van der Waals surface area contributed by atoms with Crippen LogP contribution in [0.3, 0.4) is 0 Å². The molecule has 2 rings (SSSR count). The molecule has 2 aliphatic rings.